The third kappa shape index (κ3) is 6.63. The molecule has 3 N–H and O–H groups in total. The van der Waals surface area contributed by atoms with Crippen LogP contribution in [0, 0.1) is 15.5 Å². The summed E-state index contributed by atoms with van der Waals surface area (Å²) in [5.74, 6) is -0.310. The molecule has 8 heteroatoms. The number of nitrogens with zero attached hydrogens (tertiary/aromatic N) is 2. The third-order valence-corrected chi connectivity index (χ3v) is 6.13. The Morgan fingerprint density at radius 3 is 2.35 bits per heavy atom. The fraction of sp³-hybridized carbons (Fsp3) is 0.462. The van der Waals surface area contributed by atoms with Crippen LogP contribution >= 0.6 is 0 Å². The van der Waals surface area contributed by atoms with Crippen molar-refractivity contribution in [3.8, 4) is 0 Å². The van der Waals surface area contributed by atoms with Gasteiger partial charge in [-0.3, -0.25) is 19.7 Å². The number of benzene rings is 2. The Hall–Kier alpha value is -3.26. The van der Waals surface area contributed by atoms with Gasteiger partial charge in [0.1, 0.15) is 0 Å². The Kier molecular flexibility index (Phi) is 8.04. The summed E-state index contributed by atoms with van der Waals surface area (Å²) in [6.07, 6.45) is 4.28. The van der Waals surface area contributed by atoms with Gasteiger partial charge in [0.25, 0.3) is 11.6 Å². The highest BCUT2D eigenvalue weighted by molar-refractivity contribution is 6.04. The molecule has 2 aromatic rings. The number of nitrogens with one attached hydrogen (secondary N) is 1. The number of nitro groups is 1. The van der Waals surface area contributed by atoms with Crippen molar-refractivity contribution in [2.24, 2.45) is 11.1 Å². The minimum Gasteiger partial charge on any atom is -0.334 e. The number of non-ortho nitro benzene ring substituents is 1. The molecule has 3 rings (SSSR count). The van der Waals surface area contributed by atoms with Crippen molar-refractivity contribution in [3.05, 3.63) is 69.8 Å². The molecular formula is C26H34N4O4. The van der Waals surface area contributed by atoms with Gasteiger partial charge >= 0.3 is 0 Å². The van der Waals surface area contributed by atoms with Gasteiger partial charge in [-0.15, -0.1) is 0 Å². The molecule has 1 saturated carbocycles. The van der Waals surface area contributed by atoms with Gasteiger partial charge in [-0.2, -0.15) is 0 Å². The Balaban J connectivity index is 1.84. The average molecular weight is 467 g/mol. The summed E-state index contributed by atoms with van der Waals surface area (Å²) in [6, 6.07) is 12.8. The molecule has 182 valence electrons. The van der Waals surface area contributed by atoms with E-state index in [9.17, 15) is 19.7 Å². The molecule has 1 fully saturated rings. The van der Waals surface area contributed by atoms with E-state index in [0.717, 1.165) is 31.2 Å². The molecule has 2 atom stereocenters. The molecule has 0 aliphatic heterocycles. The van der Waals surface area contributed by atoms with Crippen molar-refractivity contribution >= 4 is 23.2 Å². The van der Waals surface area contributed by atoms with Crippen molar-refractivity contribution in [2.75, 3.05) is 5.32 Å². The summed E-state index contributed by atoms with van der Waals surface area (Å²) in [4.78, 5) is 38.5. The molecule has 0 bridgehead atoms. The van der Waals surface area contributed by atoms with Crippen molar-refractivity contribution in [1.82, 2.24) is 4.90 Å². The molecular weight excluding hydrogens is 432 g/mol. The number of carbonyl (C=O) groups is 2. The van der Waals surface area contributed by atoms with Crippen LogP contribution in [0.2, 0.25) is 0 Å². The van der Waals surface area contributed by atoms with Gasteiger partial charge in [-0.05, 0) is 42.0 Å². The topological polar surface area (TPSA) is 119 Å². The number of nitrogens with two attached hydrogens (primary N) is 1. The second kappa shape index (κ2) is 10.8. The predicted octanol–water partition coefficient (Wildman–Crippen LogP) is 4.88. The zero-order valence-electron chi connectivity index (χ0n) is 20.1. The molecule has 8 nitrogen and oxygen atoms in total. The Bertz CT molecular complexity index is 1030. The Morgan fingerprint density at radius 2 is 1.74 bits per heavy atom. The zero-order valence-corrected chi connectivity index (χ0v) is 20.1. The normalized spacial score (nSPS) is 18.2. The quantitative estimate of drug-likeness (QED) is 0.445. The molecule has 0 heterocycles. The van der Waals surface area contributed by atoms with Gasteiger partial charge in [-0.25, -0.2) is 0 Å². The van der Waals surface area contributed by atoms with Crippen molar-refractivity contribution in [2.45, 2.75) is 71.5 Å². The fourth-order valence-electron chi connectivity index (χ4n) is 4.37. The highest BCUT2D eigenvalue weighted by Crippen LogP contribution is 2.29. The number of anilines is 1. The van der Waals surface area contributed by atoms with E-state index < -0.39 is 4.92 Å². The number of amides is 2. The van der Waals surface area contributed by atoms with Gasteiger partial charge in [0, 0.05) is 48.4 Å². The van der Waals surface area contributed by atoms with Crippen molar-refractivity contribution < 1.29 is 14.5 Å². The minimum absolute atomic E-state index is 0.0398. The van der Waals surface area contributed by atoms with E-state index in [1.165, 1.54) is 24.3 Å². The van der Waals surface area contributed by atoms with Crippen LogP contribution in [0.3, 0.4) is 0 Å². The molecule has 34 heavy (non-hydrogen) atoms. The van der Waals surface area contributed by atoms with E-state index in [0.29, 0.717) is 24.2 Å². The van der Waals surface area contributed by atoms with Crippen LogP contribution in [-0.4, -0.2) is 33.7 Å². The zero-order chi connectivity index (χ0) is 24.9. The van der Waals surface area contributed by atoms with E-state index in [2.05, 4.69) is 5.32 Å². The van der Waals surface area contributed by atoms with Gasteiger partial charge in [0.05, 0.1) is 4.92 Å². The second-order valence-corrected chi connectivity index (χ2v) is 10.2. The molecule has 2 amide bonds. The fourth-order valence-corrected chi connectivity index (χ4v) is 4.37. The van der Waals surface area contributed by atoms with Gasteiger partial charge in [0.15, 0.2) is 0 Å². The standard InChI is InChI=1S/C26H34N4O4/c1-26(2,3)16-24(31)29(23-11-7-5-9-21(23)27)17-19-8-4-6-10-22(19)28-25(32)18-12-14-20(15-13-18)30(33)34/h4,6,8,10,12-15,21,23H,5,7,9,11,16-17,27H2,1-3H3,(H,28,32). The lowest BCUT2D eigenvalue weighted by Gasteiger charge is -2.40. The summed E-state index contributed by atoms with van der Waals surface area (Å²) >= 11 is 0. The monoisotopic (exact) mass is 466 g/mol. The van der Waals surface area contributed by atoms with Crippen LogP contribution in [0.1, 0.15) is 68.8 Å². The lowest BCUT2D eigenvalue weighted by molar-refractivity contribution is -0.384. The molecule has 0 saturated heterocycles. The minimum atomic E-state index is -0.504. The van der Waals surface area contributed by atoms with E-state index in [1.807, 2.05) is 43.9 Å². The SMILES string of the molecule is CC(C)(C)CC(=O)N(Cc1ccccc1NC(=O)c1ccc([N+](=O)[O-])cc1)C1CCCCC1N. The smallest absolute Gasteiger partial charge is 0.269 e. The van der Waals surface area contributed by atoms with Crippen LogP contribution in [0.4, 0.5) is 11.4 Å². The maximum Gasteiger partial charge on any atom is 0.269 e. The van der Waals surface area contributed by atoms with E-state index in [4.69, 9.17) is 5.73 Å². The molecule has 0 radical (unpaired) electrons. The lowest BCUT2D eigenvalue weighted by atomic mass is 9.87. The third-order valence-electron chi connectivity index (χ3n) is 6.13. The number of carbonyl (C=O) groups excluding carboxylic acids is 2. The van der Waals surface area contributed by atoms with E-state index >= 15 is 0 Å². The predicted molar refractivity (Wildman–Crippen MR) is 132 cm³/mol. The van der Waals surface area contributed by atoms with Crippen LogP contribution < -0.4 is 11.1 Å². The molecule has 2 aromatic carbocycles. The van der Waals surface area contributed by atoms with E-state index in [-0.39, 0.29) is 35.0 Å². The van der Waals surface area contributed by atoms with Gasteiger partial charge in [-0.1, -0.05) is 51.8 Å². The van der Waals surface area contributed by atoms with Crippen LogP contribution in [0.15, 0.2) is 48.5 Å². The number of para-hydroxylation sites is 1. The second-order valence-electron chi connectivity index (χ2n) is 10.2. The highest BCUT2D eigenvalue weighted by atomic mass is 16.6. The lowest BCUT2D eigenvalue weighted by Crippen LogP contribution is -2.52. The van der Waals surface area contributed by atoms with Gasteiger partial charge < -0.3 is 16.0 Å². The first-order valence-corrected chi connectivity index (χ1v) is 11.7. The van der Waals surface area contributed by atoms with Crippen LogP contribution in [0.5, 0.6) is 0 Å². The molecule has 2 unspecified atom stereocenters. The molecule has 1 aliphatic carbocycles. The largest absolute Gasteiger partial charge is 0.334 e. The number of rotatable bonds is 7. The van der Waals surface area contributed by atoms with E-state index in [1.54, 1.807) is 6.07 Å². The maximum atomic E-state index is 13.4. The highest BCUT2D eigenvalue weighted by Gasteiger charge is 2.33. The van der Waals surface area contributed by atoms with Gasteiger partial charge in [0.2, 0.25) is 5.91 Å². The summed E-state index contributed by atoms with van der Waals surface area (Å²) in [7, 11) is 0. The first-order valence-electron chi connectivity index (χ1n) is 11.7. The first kappa shape index (κ1) is 25.4. The average Bonchev–Trinajstić information content (AvgIpc) is 2.78. The van der Waals surface area contributed by atoms with Crippen molar-refractivity contribution in [3.63, 3.8) is 0 Å². The summed E-state index contributed by atoms with van der Waals surface area (Å²) in [5, 5.41) is 13.8. The first-order chi connectivity index (χ1) is 16.0. The van der Waals surface area contributed by atoms with Crippen LogP contribution in [0.25, 0.3) is 0 Å². The van der Waals surface area contributed by atoms with Crippen molar-refractivity contribution in [1.29, 1.82) is 0 Å². The number of hydrogen-bond donors (Lipinski definition) is 2. The number of hydrogen-bond acceptors (Lipinski definition) is 5. The summed E-state index contributed by atoms with van der Waals surface area (Å²) < 4.78 is 0. The summed E-state index contributed by atoms with van der Waals surface area (Å²) in [6.45, 7) is 6.48. The molecule has 1 aliphatic rings. The maximum absolute atomic E-state index is 13.4. The molecule has 0 aromatic heterocycles. The molecule has 0 spiro atoms. The Morgan fingerprint density at radius 1 is 1.09 bits per heavy atom. The Labute approximate surface area is 200 Å². The number of nitro benzene ring substituents is 1. The van der Waals surface area contributed by atoms with Crippen LogP contribution in [-0.2, 0) is 11.3 Å². The summed E-state index contributed by atoms with van der Waals surface area (Å²) in [5.41, 5.74) is 7.95.